The van der Waals surface area contributed by atoms with Crippen molar-refractivity contribution in [2.75, 3.05) is 20.1 Å². The number of rotatable bonds is 5. The number of imide groups is 1. The van der Waals surface area contributed by atoms with E-state index < -0.39 is 29.9 Å². The van der Waals surface area contributed by atoms with Gasteiger partial charge in [0.15, 0.2) is 0 Å². The summed E-state index contributed by atoms with van der Waals surface area (Å²) in [6, 6.07) is -1.08. The van der Waals surface area contributed by atoms with Crippen LogP contribution in [-0.2, 0) is 14.4 Å². The number of carbonyl (C=O) groups excluding carboxylic acids is 3. The van der Waals surface area contributed by atoms with E-state index in [2.05, 4.69) is 5.32 Å². The molecule has 1 heterocycles. The Morgan fingerprint density at radius 2 is 2.06 bits per heavy atom. The van der Waals surface area contributed by atoms with Gasteiger partial charge < -0.3 is 15.3 Å². The quantitative estimate of drug-likeness (QED) is 0.605. The summed E-state index contributed by atoms with van der Waals surface area (Å²) in [5.74, 6) is -2.03. The van der Waals surface area contributed by atoms with Crippen LogP contribution in [-0.4, -0.2) is 64.9 Å². The molecule has 1 saturated heterocycles. The second-order valence-electron chi connectivity index (χ2n) is 4.18. The predicted octanol–water partition coefficient (Wildman–Crippen LogP) is -1.14. The van der Waals surface area contributed by atoms with Gasteiger partial charge >= 0.3 is 12.0 Å². The standard InChI is InChI=1S/C10H15N3O5/c1-6(3-9(16)17)11-7(14)4-13-8(15)5-12(2)10(13)18/h6H,3-5H2,1-2H3,(H,11,14)(H,16,17). The van der Waals surface area contributed by atoms with Gasteiger partial charge in [0.1, 0.15) is 13.1 Å². The first kappa shape index (κ1) is 13.9. The Kier molecular flexibility index (Phi) is 4.24. The molecule has 0 saturated carbocycles. The van der Waals surface area contributed by atoms with Crippen LogP contribution in [0.15, 0.2) is 0 Å². The number of carboxylic acids is 1. The average Bonchev–Trinajstić information content (AvgIpc) is 2.43. The van der Waals surface area contributed by atoms with Gasteiger partial charge in [0.05, 0.1) is 6.42 Å². The Morgan fingerprint density at radius 1 is 1.44 bits per heavy atom. The van der Waals surface area contributed by atoms with Crippen LogP contribution in [0, 0.1) is 0 Å². The van der Waals surface area contributed by atoms with Crippen molar-refractivity contribution < 1.29 is 24.3 Å². The van der Waals surface area contributed by atoms with E-state index in [1.54, 1.807) is 0 Å². The maximum absolute atomic E-state index is 11.5. The molecular formula is C10H15N3O5. The normalized spacial score (nSPS) is 17.0. The second-order valence-corrected chi connectivity index (χ2v) is 4.18. The second kappa shape index (κ2) is 5.48. The highest BCUT2D eigenvalue weighted by Crippen LogP contribution is 2.07. The van der Waals surface area contributed by atoms with Crippen molar-refractivity contribution in [1.82, 2.24) is 15.1 Å². The van der Waals surface area contributed by atoms with Gasteiger partial charge in [0.25, 0.3) is 5.91 Å². The highest BCUT2D eigenvalue weighted by Gasteiger charge is 2.34. The fourth-order valence-corrected chi connectivity index (χ4v) is 1.60. The molecule has 1 fully saturated rings. The maximum atomic E-state index is 11.5. The summed E-state index contributed by atoms with van der Waals surface area (Å²) < 4.78 is 0. The molecule has 1 aliphatic rings. The molecule has 0 aromatic carbocycles. The first-order chi connectivity index (χ1) is 8.31. The van der Waals surface area contributed by atoms with E-state index in [-0.39, 0.29) is 19.5 Å². The zero-order valence-electron chi connectivity index (χ0n) is 10.2. The van der Waals surface area contributed by atoms with Crippen LogP contribution < -0.4 is 5.32 Å². The van der Waals surface area contributed by atoms with E-state index in [0.29, 0.717) is 0 Å². The van der Waals surface area contributed by atoms with Crippen LogP contribution in [0.4, 0.5) is 4.79 Å². The lowest BCUT2D eigenvalue weighted by Gasteiger charge is -2.16. The Labute approximate surface area is 104 Å². The molecule has 8 heteroatoms. The number of hydrogen-bond donors (Lipinski definition) is 2. The van der Waals surface area contributed by atoms with Gasteiger partial charge in [-0.1, -0.05) is 0 Å². The number of amides is 4. The molecular weight excluding hydrogens is 242 g/mol. The summed E-state index contributed by atoms with van der Waals surface area (Å²) in [6.45, 7) is 1.11. The number of nitrogens with zero attached hydrogens (tertiary/aromatic N) is 2. The lowest BCUT2D eigenvalue weighted by molar-refractivity contribution is -0.138. The van der Waals surface area contributed by atoms with Crippen LogP contribution >= 0.6 is 0 Å². The van der Waals surface area contributed by atoms with E-state index in [1.807, 2.05) is 0 Å². The molecule has 1 unspecified atom stereocenters. The zero-order chi connectivity index (χ0) is 13.9. The third kappa shape index (κ3) is 3.44. The zero-order valence-corrected chi connectivity index (χ0v) is 10.2. The highest BCUT2D eigenvalue weighted by molar-refractivity contribution is 6.04. The van der Waals surface area contributed by atoms with Gasteiger partial charge in [-0.25, -0.2) is 4.79 Å². The van der Waals surface area contributed by atoms with Gasteiger partial charge in [0, 0.05) is 13.1 Å². The SMILES string of the molecule is CC(CC(=O)O)NC(=O)CN1C(=O)CN(C)C1=O. The molecule has 0 aliphatic carbocycles. The highest BCUT2D eigenvalue weighted by atomic mass is 16.4. The minimum atomic E-state index is -1.03. The Balaban J connectivity index is 2.48. The van der Waals surface area contributed by atoms with Crippen molar-refractivity contribution >= 4 is 23.8 Å². The summed E-state index contributed by atoms with van der Waals surface area (Å²) in [4.78, 5) is 46.8. The summed E-state index contributed by atoms with van der Waals surface area (Å²) >= 11 is 0. The molecule has 0 radical (unpaired) electrons. The van der Waals surface area contributed by atoms with E-state index in [1.165, 1.54) is 18.9 Å². The van der Waals surface area contributed by atoms with Crippen molar-refractivity contribution in [3.05, 3.63) is 0 Å². The van der Waals surface area contributed by atoms with Crippen LogP contribution in [0.3, 0.4) is 0 Å². The van der Waals surface area contributed by atoms with Gasteiger partial charge in [-0.15, -0.1) is 0 Å². The first-order valence-electron chi connectivity index (χ1n) is 5.38. The molecule has 4 amide bonds. The number of nitrogens with one attached hydrogen (secondary N) is 1. The van der Waals surface area contributed by atoms with E-state index >= 15 is 0 Å². The third-order valence-electron chi connectivity index (χ3n) is 2.42. The van der Waals surface area contributed by atoms with Crippen LogP contribution in [0.25, 0.3) is 0 Å². The van der Waals surface area contributed by atoms with Crippen LogP contribution in [0.2, 0.25) is 0 Å². The van der Waals surface area contributed by atoms with E-state index in [0.717, 1.165) is 4.90 Å². The number of carboxylic acid groups (broad SMARTS) is 1. The largest absolute Gasteiger partial charge is 0.481 e. The molecule has 1 aliphatic heterocycles. The first-order valence-corrected chi connectivity index (χ1v) is 5.38. The van der Waals surface area contributed by atoms with Crippen molar-refractivity contribution in [3.8, 4) is 0 Å². The Bertz CT molecular complexity index is 395. The van der Waals surface area contributed by atoms with Gasteiger partial charge in [-0.05, 0) is 6.92 Å². The molecule has 0 spiro atoms. The average molecular weight is 257 g/mol. The lowest BCUT2D eigenvalue weighted by Crippen LogP contribution is -2.44. The fraction of sp³-hybridized carbons (Fsp3) is 0.600. The minimum Gasteiger partial charge on any atom is -0.481 e. The Morgan fingerprint density at radius 3 is 2.50 bits per heavy atom. The molecule has 1 atom stereocenters. The molecule has 100 valence electrons. The fourth-order valence-electron chi connectivity index (χ4n) is 1.60. The molecule has 1 rings (SSSR count). The van der Waals surface area contributed by atoms with Crippen molar-refractivity contribution in [1.29, 1.82) is 0 Å². The van der Waals surface area contributed by atoms with Crippen molar-refractivity contribution in [2.24, 2.45) is 0 Å². The summed E-state index contributed by atoms with van der Waals surface area (Å²) in [5.41, 5.74) is 0. The molecule has 0 aromatic rings. The molecule has 8 nitrogen and oxygen atoms in total. The lowest BCUT2D eigenvalue weighted by atomic mass is 10.2. The maximum Gasteiger partial charge on any atom is 0.327 e. The third-order valence-corrected chi connectivity index (χ3v) is 2.42. The molecule has 0 aromatic heterocycles. The topological polar surface area (TPSA) is 107 Å². The van der Waals surface area contributed by atoms with Crippen molar-refractivity contribution in [2.45, 2.75) is 19.4 Å². The number of urea groups is 1. The predicted molar refractivity (Wildman–Crippen MR) is 59.6 cm³/mol. The van der Waals surface area contributed by atoms with Gasteiger partial charge in [0.2, 0.25) is 5.91 Å². The number of likely N-dealkylation sites (N-methyl/N-ethyl adjacent to an activating group) is 1. The molecule has 2 N–H and O–H groups in total. The van der Waals surface area contributed by atoms with Gasteiger partial charge in [-0.3, -0.25) is 19.3 Å². The smallest absolute Gasteiger partial charge is 0.327 e. The summed E-state index contributed by atoms with van der Waals surface area (Å²) in [5, 5.41) is 10.9. The molecule has 18 heavy (non-hydrogen) atoms. The number of hydrogen-bond acceptors (Lipinski definition) is 4. The van der Waals surface area contributed by atoms with Crippen molar-refractivity contribution in [3.63, 3.8) is 0 Å². The summed E-state index contributed by atoms with van der Waals surface area (Å²) in [7, 11) is 1.46. The summed E-state index contributed by atoms with van der Waals surface area (Å²) in [6.07, 6.45) is -0.215. The monoisotopic (exact) mass is 257 g/mol. The van der Waals surface area contributed by atoms with Crippen LogP contribution in [0.1, 0.15) is 13.3 Å². The Hall–Kier alpha value is -2.12. The van der Waals surface area contributed by atoms with Crippen LogP contribution in [0.5, 0.6) is 0 Å². The number of aliphatic carboxylic acids is 1. The van der Waals surface area contributed by atoms with E-state index in [4.69, 9.17) is 5.11 Å². The minimum absolute atomic E-state index is 0.0448. The molecule has 0 bridgehead atoms. The van der Waals surface area contributed by atoms with E-state index in [9.17, 15) is 19.2 Å². The van der Waals surface area contributed by atoms with Gasteiger partial charge in [-0.2, -0.15) is 0 Å². The number of carbonyl (C=O) groups is 4.